The Bertz CT molecular complexity index is 494. The maximum absolute atomic E-state index is 9.42. The molecule has 0 atom stereocenters. The predicted octanol–water partition coefficient (Wildman–Crippen LogP) is 3.01. The number of hydrogen-bond donors (Lipinski definition) is 2. The molecule has 2 rings (SSSR count). The molecule has 0 spiro atoms. The van der Waals surface area contributed by atoms with Crippen LogP contribution in [0.5, 0.6) is 5.75 Å². The van der Waals surface area contributed by atoms with Crippen molar-refractivity contribution in [2.24, 2.45) is 0 Å². The second kappa shape index (κ2) is 5.29. The van der Waals surface area contributed by atoms with Gasteiger partial charge in [0.1, 0.15) is 10.8 Å². The van der Waals surface area contributed by atoms with Crippen molar-refractivity contribution in [3.8, 4) is 16.3 Å². The van der Waals surface area contributed by atoms with E-state index in [-0.39, 0.29) is 5.75 Å². The summed E-state index contributed by atoms with van der Waals surface area (Å²) in [7, 11) is 0. The van der Waals surface area contributed by atoms with Crippen LogP contribution in [-0.2, 0) is 6.54 Å². The molecule has 1 heterocycles. The molecule has 2 aromatic rings. The highest BCUT2D eigenvalue weighted by Crippen LogP contribution is 2.27. The quantitative estimate of drug-likeness (QED) is 0.874. The molecule has 1 aromatic carbocycles. The summed E-state index contributed by atoms with van der Waals surface area (Å²) in [4.78, 5) is 5.58. The van der Waals surface area contributed by atoms with Crippen molar-refractivity contribution in [3.05, 3.63) is 35.3 Å². The fourth-order valence-corrected chi connectivity index (χ4v) is 2.33. The summed E-state index contributed by atoms with van der Waals surface area (Å²) in [5, 5.41) is 13.7. The second-order valence-electron chi connectivity index (χ2n) is 4.22. The summed E-state index contributed by atoms with van der Waals surface area (Å²) in [6.45, 7) is 5.09. The second-order valence-corrected chi connectivity index (χ2v) is 5.33. The molecule has 2 N–H and O–H groups in total. The highest BCUT2D eigenvalue weighted by molar-refractivity contribution is 7.15. The van der Waals surface area contributed by atoms with Crippen LogP contribution in [0.2, 0.25) is 0 Å². The summed E-state index contributed by atoms with van der Waals surface area (Å²) in [5.41, 5.74) is 0.964. The SMILES string of the molecule is CC(C)NCc1cnc(-c2cccc(O)c2)s1. The van der Waals surface area contributed by atoms with Gasteiger partial charge < -0.3 is 10.4 Å². The number of nitrogens with zero attached hydrogens (tertiary/aromatic N) is 1. The van der Waals surface area contributed by atoms with Gasteiger partial charge in [-0.1, -0.05) is 26.0 Å². The Morgan fingerprint density at radius 1 is 1.41 bits per heavy atom. The van der Waals surface area contributed by atoms with Gasteiger partial charge in [0.2, 0.25) is 0 Å². The molecule has 0 unspecified atom stereocenters. The molecule has 0 saturated carbocycles. The number of aromatic hydroxyl groups is 1. The van der Waals surface area contributed by atoms with Crippen LogP contribution in [0.25, 0.3) is 10.6 Å². The zero-order chi connectivity index (χ0) is 12.3. The molecular weight excluding hydrogens is 232 g/mol. The van der Waals surface area contributed by atoms with E-state index in [0.717, 1.165) is 17.1 Å². The fraction of sp³-hybridized carbons (Fsp3) is 0.308. The van der Waals surface area contributed by atoms with Gasteiger partial charge in [-0.3, -0.25) is 0 Å². The molecule has 4 heteroatoms. The molecular formula is C13H16N2OS. The lowest BCUT2D eigenvalue weighted by molar-refractivity contribution is 0.475. The molecule has 0 aliphatic rings. The number of nitrogens with one attached hydrogen (secondary N) is 1. The lowest BCUT2D eigenvalue weighted by atomic mass is 10.2. The molecule has 17 heavy (non-hydrogen) atoms. The Hall–Kier alpha value is -1.39. The van der Waals surface area contributed by atoms with Crippen molar-refractivity contribution in [2.45, 2.75) is 26.4 Å². The summed E-state index contributed by atoms with van der Waals surface area (Å²) < 4.78 is 0. The first-order valence-corrected chi connectivity index (χ1v) is 6.44. The largest absolute Gasteiger partial charge is 0.508 e. The Morgan fingerprint density at radius 2 is 2.24 bits per heavy atom. The van der Waals surface area contributed by atoms with Gasteiger partial charge in [0.25, 0.3) is 0 Å². The summed E-state index contributed by atoms with van der Waals surface area (Å²) in [5.74, 6) is 0.277. The maximum Gasteiger partial charge on any atom is 0.123 e. The minimum absolute atomic E-state index is 0.277. The topological polar surface area (TPSA) is 45.2 Å². The minimum atomic E-state index is 0.277. The van der Waals surface area contributed by atoms with Gasteiger partial charge in [0, 0.05) is 29.2 Å². The third-order valence-corrected chi connectivity index (χ3v) is 3.38. The standard InChI is InChI=1S/C13H16N2OS/c1-9(2)14-7-12-8-15-13(17-12)10-4-3-5-11(16)6-10/h3-6,8-9,14,16H,7H2,1-2H3. The Labute approximate surface area is 105 Å². The molecule has 90 valence electrons. The smallest absolute Gasteiger partial charge is 0.123 e. The highest BCUT2D eigenvalue weighted by Gasteiger charge is 2.05. The maximum atomic E-state index is 9.42. The molecule has 0 radical (unpaired) electrons. The van der Waals surface area contributed by atoms with Gasteiger partial charge in [-0.15, -0.1) is 11.3 Å². The minimum Gasteiger partial charge on any atom is -0.508 e. The van der Waals surface area contributed by atoms with E-state index in [2.05, 4.69) is 24.1 Å². The zero-order valence-corrected chi connectivity index (χ0v) is 10.8. The van der Waals surface area contributed by atoms with Crippen LogP contribution in [0.3, 0.4) is 0 Å². The molecule has 0 fully saturated rings. The van der Waals surface area contributed by atoms with Crippen LogP contribution in [0.1, 0.15) is 18.7 Å². The van der Waals surface area contributed by atoms with Gasteiger partial charge in [-0.2, -0.15) is 0 Å². The van der Waals surface area contributed by atoms with E-state index < -0.39 is 0 Å². The van der Waals surface area contributed by atoms with Crippen LogP contribution < -0.4 is 5.32 Å². The number of phenolic OH excluding ortho intramolecular Hbond substituents is 1. The van der Waals surface area contributed by atoms with Crippen molar-refractivity contribution in [3.63, 3.8) is 0 Å². The van der Waals surface area contributed by atoms with Gasteiger partial charge in [-0.05, 0) is 12.1 Å². The number of hydrogen-bond acceptors (Lipinski definition) is 4. The molecule has 3 nitrogen and oxygen atoms in total. The van der Waals surface area contributed by atoms with Gasteiger partial charge >= 0.3 is 0 Å². The zero-order valence-electron chi connectivity index (χ0n) is 9.97. The van der Waals surface area contributed by atoms with Crippen molar-refractivity contribution < 1.29 is 5.11 Å². The van der Waals surface area contributed by atoms with Crippen LogP contribution in [0, 0.1) is 0 Å². The first-order valence-electron chi connectivity index (χ1n) is 5.62. The van der Waals surface area contributed by atoms with Crippen LogP contribution in [0.15, 0.2) is 30.5 Å². The monoisotopic (exact) mass is 248 g/mol. The number of benzene rings is 1. The molecule has 1 aromatic heterocycles. The summed E-state index contributed by atoms with van der Waals surface area (Å²) in [6, 6.07) is 7.66. The third-order valence-electron chi connectivity index (χ3n) is 2.33. The average molecular weight is 248 g/mol. The lowest BCUT2D eigenvalue weighted by Gasteiger charge is -2.04. The fourth-order valence-electron chi connectivity index (χ4n) is 1.47. The Morgan fingerprint density at radius 3 is 2.94 bits per heavy atom. The molecule has 0 amide bonds. The predicted molar refractivity (Wildman–Crippen MR) is 71.2 cm³/mol. The van der Waals surface area contributed by atoms with E-state index in [1.54, 1.807) is 23.5 Å². The van der Waals surface area contributed by atoms with Gasteiger partial charge in [0.15, 0.2) is 0 Å². The van der Waals surface area contributed by atoms with Crippen molar-refractivity contribution in [2.75, 3.05) is 0 Å². The molecule has 0 bridgehead atoms. The van der Waals surface area contributed by atoms with Crippen LogP contribution in [0.4, 0.5) is 0 Å². The third kappa shape index (κ3) is 3.28. The number of aromatic nitrogens is 1. The lowest BCUT2D eigenvalue weighted by Crippen LogP contribution is -2.21. The van der Waals surface area contributed by atoms with Crippen LogP contribution in [-0.4, -0.2) is 16.1 Å². The van der Waals surface area contributed by atoms with Crippen molar-refractivity contribution in [1.29, 1.82) is 0 Å². The van der Waals surface area contributed by atoms with Crippen LogP contribution >= 0.6 is 11.3 Å². The van der Waals surface area contributed by atoms with E-state index in [4.69, 9.17) is 0 Å². The number of thiazole rings is 1. The molecule has 0 aliphatic heterocycles. The summed E-state index contributed by atoms with van der Waals surface area (Å²) >= 11 is 1.65. The number of phenols is 1. The van der Waals surface area contributed by atoms with Gasteiger partial charge in [0.05, 0.1) is 0 Å². The van der Waals surface area contributed by atoms with E-state index in [0.29, 0.717) is 6.04 Å². The average Bonchev–Trinajstić information content (AvgIpc) is 2.75. The highest BCUT2D eigenvalue weighted by atomic mass is 32.1. The van der Waals surface area contributed by atoms with E-state index in [1.165, 1.54) is 4.88 Å². The first kappa shape index (κ1) is 12.1. The Balaban J connectivity index is 2.12. The summed E-state index contributed by atoms with van der Waals surface area (Å²) in [6.07, 6.45) is 1.89. The molecule has 0 saturated heterocycles. The molecule has 0 aliphatic carbocycles. The Kier molecular flexibility index (Phi) is 3.76. The van der Waals surface area contributed by atoms with E-state index in [1.807, 2.05) is 18.3 Å². The van der Waals surface area contributed by atoms with Crippen molar-refractivity contribution in [1.82, 2.24) is 10.3 Å². The van der Waals surface area contributed by atoms with Gasteiger partial charge in [-0.25, -0.2) is 4.98 Å². The first-order chi connectivity index (χ1) is 8.15. The van der Waals surface area contributed by atoms with E-state index in [9.17, 15) is 5.11 Å². The normalized spacial score (nSPS) is 11.0. The number of rotatable bonds is 4. The van der Waals surface area contributed by atoms with E-state index >= 15 is 0 Å². The van der Waals surface area contributed by atoms with Crippen molar-refractivity contribution >= 4 is 11.3 Å².